The van der Waals surface area contributed by atoms with Gasteiger partial charge in [0.1, 0.15) is 10.7 Å². The average molecular weight is 284 g/mol. The third-order valence-corrected chi connectivity index (χ3v) is 3.87. The first kappa shape index (κ1) is 12.7. The maximum Gasteiger partial charge on any atom is 0.263 e. The third kappa shape index (κ3) is 2.72. The van der Waals surface area contributed by atoms with Crippen molar-refractivity contribution in [3.05, 3.63) is 47.6 Å². The van der Waals surface area contributed by atoms with Crippen LogP contribution in [0.4, 0.5) is 11.5 Å². The number of hydrogen-bond acceptors (Lipinski definition) is 4. The highest BCUT2D eigenvalue weighted by Crippen LogP contribution is 2.23. The fraction of sp³-hybridized carbons (Fsp3) is 0. The number of nitrogens with zero attached hydrogens (tertiary/aromatic N) is 1. The molecule has 7 heteroatoms. The number of nitrogen functional groups attached to an aromatic ring is 1. The summed E-state index contributed by atoms with van der Waals surface area (Å²) in [6, 6.07) is 9.36. The first-order valence-electron chi connectivity index (χ1n) is 4.98. The molecule has 94 valence electrons. The van der Waals surface area contributed by atoms with E-state index in [0.29, 0.717) is 10.7 Å². The lowest BCUT2D eigenvalue weighted by Gasteiger charge is -2.09. The molecule has 0 aliphatic carbocycles. The molecule has 3 N–H and O–H groups in total. The Morgan fingerprint density at radius 3 is 2.50 bits per heavy atom. The summed E-state index contributed by atoms with van der Waals surface area (Å²) in [4.78, 5) is 3.76. The number of halogens is 1. The number of pyridine rings is 1. The van der Waals surface area contributed by atoms with Crippen LogP contribution in [-0.4, -0.2) is 13.4 Å². The number of nitrogens with one attached hydrogen (secondary N) is 1. The maximum atomic E-state index is 12.0. The van der Waals surface area contributed by atoms with Crippen LogP contribution in [0.25, 0.3) is 0 Å². The van der Waals surface area contributed by atoms with Crippen LogP contribution in [0, 0.1) is 0 Å². The van der Waals surface area contributed by atoms with E-state index in [1.165, 1.54) is 18.3 Å². The monoisotopic (exact) mass is 283 g/mol. The number of sulfonamides is 1. The Bertz CT molecular complexity index is 656. The molecule has 0 atom stereocenters. The number of aromatic nitrogens is 1. The molecule has 5 nitrogen and oxygen atoms in total. The van der Waals surface area contributed by atoms with E-state index in [1.807, 2.05) is 0 Å². The van der Waals surface area contributed by atoms with E-state index < -0.39 is 10.0 Å². The van der Waals surface area contributed by atoms with E-state index >= 15 is 0 Å². The minimum absolute atomic E-state index is 0.0246. The lowest BCUT2D eigenvalue weighted by Crippen LogP contribution is -2.13. The van der Waals surface area contributed by atoms with Gasteiger partial charge in [-0.2, -0.15) is 0 Å². The van der Waals surface area contributed by atoms with Gasteiger partial charge in [0.25, 0.3) is 10.0 Å². The van der Waals surface area contributed by atoms with Gasteiger partial charge in [-0.3, -0.25) is 4.72 Å². The van der Waals surface area contributed by atoms with Gasteiger partial charge in [0.2, 0.25) is 0 Å². The summed E-state index contributed by atoms with van der Waals surface area (Å²) in [7, 11) is -3.71. The van der Waals surface area contributed by atoms with Gasteiger partial charge in [-0.1, -0.05) is 23.7 Å². The lowest BCUT2D eigenvalue weighted by atomic mass is 10.3. The first-order valence-corrected chi connectivity index (χ1v) is 6.84. The number of rotatable bonds is 3. The highest BCUT2D eigenvalue weighted by molar-refractivity contribution is 7.92. The van der Waals surface area contributed by atoms with Crippen molar-refractivity contribution in [2.75, 3.05) is 10.5 Å². The molecule has 0 radical (unpaired) electrons. The van der Waals surface area contributed by atoms with E-state index in [4.69, 9.17) is 17.3 Å². The summed E-state index contributed by atoms with van der Waals surface area (Å²) >= 11 is 5.88. The van der Waals surface area contributed by atoms with Crippen LogP contribution in [0.2, 0.25) is 5.02 Å². The summed E-state index contributed by atoms with van der Waals surface area (Å²) < 4.78 is 26.4. The highest BCUT2D eigenvalue weighted by atomic mass is 35.5. The van der Waals surface area contributed by atoms with E-state index in [9.17, 15) is 8.42 Å². The van der Waals surface area contributed by atoms with Crippen molar-refractivity contribution < 1.29 is 8.42 Å². The normalized spacial score (nSPS) is 11.2. The fourth-order valence-corrected chi connectivity index (χ4v) is 2.56. The SMILES string of the molecule is Nc1ccc(S(=O)(=O)Nc2ccccc2Cl)cn1. The fourth-order valence-electron chi connectivity index (χ4n) is 1.30. The molecular formula is C11H10ClN3O2S. The summed E-state index contributed by atoms with van der Waals surface area (Å²) in [5.74, 6) is 0.256. The second kappa shape index (κ2) is 4.83. The maximum absolute atomic E-state index is 12.0. The Hall–Kier alpha value is -1.79. The van der Waals surface area contributed by atoms with Crippen LogP contribution in [0.5, 0.6) is 0 Å². The topological polar surface area (TPSA) is 85.1 Å². The van der Waals surface area contributed by atoms with Crippen molar-refractivity contribution in [3.8, 4) is 0 Å². The van der Waals surface area contributed by atoms with E-state index in [1.54, 1.807) is 24.3 Å². The molecule has 2 rings (SSSR count). The molecule has 0 saturated carbocycles. The molecule has 1 aromatic heterocycles. The number of anilines is 2. The second-order valence-electron chi connectivity index (χ2n) is 3.50. The van der Waals surface area contributed by atoms with Crippen LogP contribution in [0.3, 0.4) is 0 Å². The zero-order valence-corrected chi connectivity index (χ0v) is 10.7. The van der Waals surface area contributed by atoms with Gasteiger partial charge in [0.15, 0.2) is 0 Å². The predicted octanol–water partition coefficient (Wildman–Crippen LogP) is 2.12. The van der Waals surface area contributed by atoms with E-state index in [2.05, 4.69) is 9.71 Å². The Morgan fingerprint density at radius 1 is 1.17 bits per heavy atom. The van der Waals surface area contributed by atoms with Gasteiger partial charge in [-0.15, -0.1) is 0 Å². The predicted molar refractivity (Wildman–Crippen MR) is 70.9 cm³/mol. The second-order valence-corrected chi connectivity index (χ2v) is 5.59. The molecule has 0 bridgehead atoms. The average Bonchev–Trinajstić information content (AvgIpc) is 2.32. The van der Waals surface area contributed by atoms with Gasteiger partial charge in [-0.05, 0) is 24.3 Å². The van der Waals surface area contributed by atoms with Crippen molar-refractivity contribution in [3.63, 3.8) is 0 Å². The Morgan fingerprint density at radius 2 is 1.89 bits per heavy atom. The quantitative estimate of drug-likeness (QED) is 0.903. The Kier molecular flexibility index (Phi) is 3.40. The standard InChI is InChI=1S/C11H10ClN3O2S/c12-9-3-1-2-4-10(9)15-18(16,17)8-5-6-11(13)14-7-8/h1-7,15H,(H2,13,14). The Labute approximate surface area is 110 Å². The number of benzene rings is 1. The molecule has 0 saturated heterocycles. The van der Waals surface area contributed by atoms with Crippen LogP contribution in [-0.2, 0) is 10.0 Å². The van der Waals surface area contributed by atoms with Crippen LogP contribution >= 0.6 is 11.6 Å². The Balaban J connectivity index is 2.33. The van der Waals surface area contributed by atoms with Crippen molar-refractivity contribution in [2.24, 2.45) is 0 Å². The zero-order valence-electron chi connectivity index (χ0n) is 9.17. The highest BCUT2D eigenvalue weighted by Gasteiger charge is 2.15. The van der Waals surface area contributed by atoms with Crippen LogP contribution in [0.1, 0.15) is 0 Å². The zero-order chi connectivity index (χ0) is 13.2. The summed E-state index contributed by atoms with van der Waals surface area (Å²) in [5.41, 5.74) is 5.71. The van der Waals surface area contributed by atoms with Crippen molar-refractivity contribution in [1.29, 1.82) is 0 Å². The van der Waals surface area contributed by atoms with E-state index in [0.717, 1.165) is 0 Å². The van der Waals surface area contributed by atoms with Crippen molar-refractivity contribution in [1.82, 2.24) is 4.98 Å². The third-order valence-electron chi connectivity index (χ3n) is 2.19. The van der Waals surface area contributed by atoms with Crippen molar-refractivity contribution in [2.45, 2.75) is 4.90 Å². The summed E-state index contributed by atoms with van der Waals surface area (Å²) in [6.45, 7) is 0. The van der Waals surface area contributed by atoms with Gasteiger partial charge in [0.05, 0.1) is 10.7 Å². The number of nitrogens with two attached hydrogens (primary N) is 1. The van der Waals surface area contributed by atoms with Gasteiger partial charge >= 0.3 is 0 Å². The van der Waals surface area contributed by atoms with Gasteiger partial charge < -0.3 is 5.73 Å². The van der Waals surface area contributed by atoms with Crippen LogP contribution in [0.15, 0.2) is 47.5 Å². The minimum Gasteiger partial charge on any atom is -0.384 e. The van der Waals surface area contributed by atoms with Crippen molar-refractivity contribution >= 4 is 33.1 Å². The van der Waals surface area contributed by atoms with Gasteiger partial charge in [0, 0.05) is 6.20 Å². The lowest BCUT2D eigenvalue weighted by molar-refractivity contribution is 0.601. The molecule has 0 spiro atoms. The largest absolute Gasteiger partial charge is 0.384 e. The number of hydrogen-bond donors (Lipinski definition) is 2. The molecule has 0 aliphatic heterocycles. The molecule has 0 unspecified atom stereocenters. The smallest absolute Gasteiger partial charge is 0.263 e. The van der Waals surface area contributed by atoms with E-state index in [-0.39, 0.29) is 10.7 Å². The van der Waals surface area contributed by atoms with Crippen LogP contribution < -0.4 is 10.5 Å². The molecule has 0 aliphatic rings. The molecule has 2 aromatic rings. The molecule has 0 amide bonds. The summed E-state index contributed by atoms with van der Waals surface area (Å²) in [6.07, 6.45) is 1.19. The molecule has 1 heterocycles. The minimum atomic E-state index is -3.71. The summed E-state index contributed by atoms with van der Waals surface area (Å²) in [5, 5.41) is 0.324. The molecule has 18 heavy (non-hydrogen) atoms. The molecule has 1 aromatic carbocycles. The van der Waals surface area contributed by atoms with Gasteiger partial charge in [-0.25, -0.2) is 13.4 Å². The molecular weight excluding hydrogens is 274 g/mol. The number of para-hydroxylation sites is 1. The molecule has 0 fully saturated rings. The first-order chi connectivity index (χ1) is 8.49.